The molecule has 0 bridgehead atoms. The van der Waals surface area contributed by atoms with E-state index in [9.17, 15) is 0 Å². The van der Waals surface area contributed by atoms with Crippen molar-refractivity contribution in [1.82, 2.24) is 25.4 Å². The molecule has 102 valence electrons. The van der Waals surface area contributed by atoms with Crippen molar-refractivity contribution >= 4 is 0 Å². The minimum atomic E-state index is 0.508. The second-order valence-electron chi connectivity index (χ2n) is 4.96. The molecular formula is C14H21N5. The van der Waals surface area contributed by atoms with Gasteiger partial charge in [-0.3, -0.25) is 10.1 Å². The number of rotatable bonds is 6. The zero-order valence-electron chi connectivity index (χ0n) is 11.7. The summed E-state index contributed by atoms with van der Waals surface area (Å²) in [6.45, 7) is 3.95. The predicted octanol–water partition coefficient (Wildman–Crippen LogP) is 1.51. The molecule has 0 aliphatic rings. The third-order valence-electron chi connectivity index (χ3n) is 3.30. The van der Waals surface area contributed by atoms with Gasteiger partial charge in [-0.25, -0.2) is 0 Å². The SMILES string of the molecule is CC(CNCc1cn[nH]c1-c1cccnc1)N(C)C. The second kappa shape index (κ2) is 6.45. The Morgan fingerprint density at radius 2 is 2.21 bits per heavy atom. The van der Waals surface area contributed by atoms with Crippen LogP contribution in [-0.4, -0.2) is 46.8 Å². The lowest BCUT2D eigenvalue weighted by molar-refractivity contribution is 0.302. The van der Waals surface area contributed by atoms with Crippen molar-refractivity contribution in [3.63, 3.8) is 0 Å². The molecule has 0 spiro atoms. The fraction of sp³-hybridized carbons (Fsp3) is 0.429. The smallest absolute Gasteiger partial charge is 0.0710 e. The van der Waals surface area contributed by atoms with Crippen LogP contribution in [0.25, 0.3) is 11.3 Å². The summed E-state index contributed by atoms with van der Waals surface area (Å²) in [6.07, 6.45) is 5.49. The molecule has 0 aliphatic heterocycles. The van der Waals surface area contributed by atoms with Crippen LogP contribution in [0.3, 0.4) is 0 Å². The van der Waals surface area contributed by atoms with Crippen LogP contribution in [0.15, 0.2) is 30.7 Å². The van der Waals surface area contributed by atoms with Crippen molar-refractivity contribution in [3.05, 3.63) is 36.3 Å². The molecule has 0 saturated heterocycles. The van der Waals surface area contributed by atoms with Gasteiger partial charge in [0.1, 0.15) is 0 Å². The van der Waals surface area contributed by atoms with Gasteiger partial charge >= 0.3 is 0 Å². The highest BCUT2D eigenvalue weighted by Crippen LogP contribution is 2.19. The number of hydrogen-bond donors (Lipinski definition) is 2. The lowest BCUT2D eigenvalue weighted by Gasteiger charge is -2.20. The molecule has 0 amide bonds. The quantitative estimate of drug-likeness (QED) is 0.825. The van der Waals surface area contributed by atoms with Gasteiger partial charge < -0.3 is 10.2 Å². The molecule has 0 saturated carbocycles. The summed E-state index contributed by atoms with van der Waals surface area (Å²) in [4.78, 5) is 6.34. The molecule has 2 N–H and O–H groups in total. The summed E-state index contributed by atoms with van der Waals surface area (Å²) in [5, 5.41) is 10.6. The van der Waals surface area contributed by atoms with Crippen LogP contribution in [0, 0.1) is 0 Å². The highest BCUT2D eigenvalue weighted by Gasteiger charge is 2.08. The Labute approximate surface area is 114 Å². The van der Waals surface area contributed by atoms with E-state index < -0.39 is 0 Å². The summed E-state index contributed by atoms with van der Waals surface area (Å²) in [5.74, 6) is 0. The average Bonchev–Trinajstić information content (AvgIpc) is 2.88. The van der Waals surface area contributed by atoms with E-state index in [-0.39, 0.29) is 0 Å². The Morgan fingerprint density at radius 3 is 2.89 bits per heavy atom. The van der Waals surface area contributed by atoms with Crippen LogP contribution in [0.4, 0.5) is 0 Å². The van der Waals surface area contributed by atoms with E-state index in [4.69, 9.17) is 0 Å². The van der Waals surface area contributed by atoms with Gasteiger partial charge in [-0.05, 0) is 33.2 Å². The lowest BCUT2D eigenvalue weighted by Crippen LogP contribution is -2.35. The van der Waals surface area contributed by atoms with Crippen LogP contribution in [0.1, 0.15) is 12.5 Å². The summed E-state index contributed by atoms with van der Waals surface area (Å²) < 4.78 is 0. The Kier molecular flexibility index (Phi) is 4.65. The molecule has 5 nitrogen and oxygen atoms in total. The maximum absolute atomic E-state index is 4.14. The Hall–Kier alpha value is -1.72. The first kappa shape index (κ1) is 13.7. The van der Waals surface area contributed by atoms with Gasteiger partial charge in [0.2, 0.25) is 0 Å². The number of nitrogens with zero attached hydrogens (tertiary/aromatic N) is 3. The summed E-state index contributed by atoms with van der Waals surface area (Å²) in [5.41, 5.74) is 3.27. The van der Waals surface area contributed by atoms with Gasteiger partial charge in [-0.2, -0.15) is 5.10 Å². The van der Waals surface area contributed by atoms with Crippen LogP contribution in [-0.2, 0) is 6.54 Å². The molecule has 1 unspecified atom stereocenters. The third-order valence-corrected chi connectivity index (χ3v) is 3.30. The highest BCUT2D eigenvalue weighted by molar-refractivity contribution is 5.61. The number of aromatic nitrogens is 3. The number of nitrogens with one attached hydrogen (secondary N) is 2. The van der Waals surface area contributed by atoms with Crippen molar-refractivity contribution in [3.8, 4) is 11.3 Å². The minimum absolute atomic E-state index is 0.508. The minimum Gasteiger partial charge on any atom is -0.311 e. The zero-order valence-corrected chi connectivity index (χ0v) is 11.7. The molecule has 0 aliphatic carbocycles. The maximum atomic E-state index is 4.14. The van der Waals surface area contributed by atoms with Gasteiger partial charge in [0.25, 0.3) is 0 Å². The van der Waals surface area contributed by atoms with E-state index >= 15 is 0 Å². The normalized spacial score (nSPS) is 12.8. The molecule has 0 radical (unpaired) electrons. The molecular weight excluding hydrogens is 238 g/mol. The van der Waals surface area contributed by atoms with E-state index in [2.05, 4.69) is 46.4 Å². The predicted molar refractivity (Wildman–Crippen MR) is 76.7 cm³/mol. The molecule has 2 rings (SSSR count). The van der Waals surface area contributed by atoms with Crippen molar-refractivity contribution in [2.45, 2.75) is 19.5 Å². The molecule has 0 aromatic carbocycles. The topological polar surface area (TPSA) is 56.8 Å². The number of likely N-dealkylation sites (N-methyl/N-ethyl adjacent to an activating group) is 1. The van der Waals surface area contributed by atoms with Crippen molar-refractivity contribution in [2.75, 3.05) is 20.6 Å². The van der Waals surface area contributed by atoms with Crippen LogP contribution in [0.5, 0.6) is 0 Å². The van der Waals surface area contributed by atoms with Crippen molar-refractivity contribution in [2.24, 2.45) is 0 Å². The number of hydrogen-bond acceptors (Lipinski definition) is 4. The van der Waals surface area contributed by atoms with E-state index in [0.29, 0.717) is 6.04 Å². The molecule has 2 heterocycles. The Bertz CT molecular complexity index is 492. The summed E-state index contributed by atoms with van der Waals surface area (Å²) in [6, 6.07) is 4.47. The molecule has 19 heavy (non-hydrogen) atoms. The standard InChI is InChI=1S/C14H21N5/c1-11(19(2)3)7-16-9-13-10-17-18-14(13)12-5-4-6-15-8-12/h4-6,8,10-11,16H,7,9H2,1-3H3,(H,17,18). The number of pyridine rings is 1. The van der Waals surface area contributed by atoms with E-state index in [0.717, 1.165) is 24.3 Å². The number of H-pyrrole nitrogens is 1. The number of aromatic amines is 1. The van der Waals surface area contributed by atoms with Crippen LogP contribution < -0.4 is 5.32 Å². The van der Waals surface area contributed by atoms with Gasteiger partial charge in [0.15, 0.2) is 0 Å². The fourth-order valence-corrected chi connectivity index (χ4v) is 1.80. The first-order valence-electron chi connectivity index (χ1n) is 6.48. The lowest BCUT2D eigenvalue weighted by atomic mass is 10.1. The third kappa shape index (κ3) is 3.62. The molecule has 1 atom stereocenters. The molecule has 2 aromatic heterocycles. The van der Waals surface area contributed by atoms with Crippen molar-refractivity contribution in [1.29, 1.82) is 0 Å². The average molecular weight is 259 g/mol. The Morgan fingerprint density at radius 1 is 1.37 bits per heavy atom. The largest absolute Gasteiger partial charge is 0.311 e. The first-order chi connectivity index (χ1) is 9.18. The van der Waals surface area contributed by atoms with E-state index in [1.807, 2.05) is 24.5 Å². The van der Waals surface area contributed by atoms with Gasteiger partial charge in [0, 0.05) is 42.7 Å². The fourth-order valence-electron chi connectivity index (χ4n) is 1.80. The van der Waals surface area contributed by atoms with Crippen LogP contribution >= 0.6 is 0 Å². The van der Waals surface area contributed by atoms with Gasteiger partial charge in [-0.15, -0.1) is 0 Å². The zero-order chi connectivity index (χ0) is 13.7. The molecule has 2 aromatic rings. The second-order valence-corrected chi connectivity index (χ2v) is 4.96. The Balaban J connectivity index is 1.97. The molecule has 5 heteroatoms. The van der Waals surface area contributed by atoms with Crippen molar-refractivity contribution < 1.29 is 0 Å². The highest BCUT2D eigenvalue weighted by atomic mass is 15.1. The van der Waals surface area contributed by atoms with E-state index in [1.54, 1.807) is 6.20 Å². The van der Waals surface area contributed by atoms with E-state index in [1.165, 1.54) is 5.56 Å². The summed E-state index contributed by atoms with van der Waals surface area (Å²) >= 11 is 0. The summed E-state index contributed by atoms with van der Waals surface area (Å²) in [7, 11) is 4.18. The maximum Gasteiger partial charge on any atom is 0.0710 e. The first-order valence-corrected chi connectivity index (χ1v) is 6.48. The van der Waals surface area contributed by atoms with Gasteiger partial charge in [0.05, 0.1) is 11.9 Å². The molecule has 0 fully saturated rings. The monoisotopic (exact) mass is 259 g/mol. The van der Waals surface area contributed by atoms with Gasteiger partial charge in [-0.1, -0.05) is 0 Å². The van der Waals surface area contributed by atoms with Crippen LogP contribution in [0.2, 0.25) is 0 Å².